The average Bonchev–Trinajstić information content (AvgIpc) is 3.15. The Hall–Kier alpha value is -3.39. The summed E-state index contributed by atoms with van der Waals surface area (Å²) in [4.78, 5) is 37.6. The molecule has 8 nitrogen and oxygen atoms in total. The summed E-state index contributed by atoms with van der Waals surface area (Å²) in [6.07, 6.45) is 0.386. The standard InChI is InChI=1S/C26H28N2O6/c29-24(28-9-10-33-23(14-28)25(30)31)13-16-11-17(12-16)27-26(32)34-15-22-20-7-3-1-5-18(20)19-6-2-4-8-21(19)22/h1-8,16-17,22-23H,9-15H2,(H,27,32)(H,30,31). The number of alkyl carbamates (subject to hydrolysis) is 1. The summed E-state index contributed by atoms with van der Waals surface area (Å²) in [5, 5.41) is 12.0. The molecule has 2 fully saturated rings. The Kier molecular flexibility index (Phi) is 6.24. The second-order valence-electron chi connectivity index (χ2n) is 9.25. The molecule has 34 heavy (non-hydrogen) atoms. The average molecular weight is 465 g/mol. The van der Waals surface area contributed by atoms with E-state index in [-0.39, 0.29) is 43.5 Å². The van der Waals surface area contributed by atoms with E-state index >= 15 is 0 Å². The van der Waals surface area contributed by atoms with Crippen molar-refractivity contribution in [2.45, 2.75) is 37.3 Å². The minimum Gasteiger partial charge on any atom is -0.479 e. The van der Waals surface area contributed by atoms with Crippen LogP contribution in [0.4, 0.5) is 4.79 Å². The maximum Gasteiger partial charge on any atom is 0.407 e. The van der Waals surface area contributed by atoms with E-state index in [0.29, 0.717) is 25.8 Å². The van der Waals surface area contributed by atoms with Gasteiger partial charge in [-0.3, -0.25) is 4.79 Å². The molecule has 1 aliphatic heterocycles. The number of rotatable bonds is 6. The number of nitrogens with one attached hydrogen (secondary N) is 1. The highest BCUT2D eigenvalue weighted by Crippen LogP contribution is 2.44. The van der Waals surface area contributed by atoms with Gasteiger partial charge in [0.05, 0.1) is 13.2 Å². The van der Waals surface area contributed by atoms with E-state index < -0.39 is 18.2 Å². The summed E-state index contributed by atoms with van der Waals surface area (Å²) in [5.41, 5.74) is 4.72. The van der Waals surface area contributed by atoms with Crippen LogP contribution in [0, 0.1) is 5.92 Å². The molecule has 0 radical (unpaired) electrons. The number of carbonyl (C=O) groups excluding carboxylic acids is 2. The first kappa shape index (κ1) is 22.4. The van der Waals surface area contributed by atoms with Gasteiger partial charge in [-0.1, -0.05) is 48.5 Å². The van der Waals surface area contributed by atoms with Crippen LogP contribution in [-0.2, 0) is 19.1 Å². The van der Waals surface area contributed by atoms with Gasteiger partial charge in [-0.15, -0.1) is 0 Å². The molecular formula is C26H28N2O6. The van der Waals surface area contributed by atoms with Crippen LogP contribution >= 0.6 is 0 Å². The Bertz CT molecular complexity index is 1050. The van der Waals surface area contributed by atoms with Crippen molar-refractivity contribution in [1.82, 2.24) is 10.2 Å². The minimum absolute atomic E-state index is 0.00934. The normalized spacial score (nSPS) is 23.4. The number of hydrogen-bond acceptors (Lipinski definition) is 5. The fraction of sp³-hybridized carbons (Fsp3) is 0.423. The molecule has 8 heteroatoms. The fourth-order valence-corrected chi connectivity index (χ4v) is 5.23. The highest BCUT2D eigenvalue weighted by atomic mass is 16.5. The lowest BCUT2D eigenvalue weighted by molar-refractivity contribution is -0.159. The Balaban J connectivity index is 1.07. The van der Waals surface area contributed by atoms with Gasteiger partial charge in [0.1, 0.15) is 6.61 Å². The van der Waals surface area contributed by atoms with Gasteiger partial charge in [0.25, 0.3) is 0 Å². The van der Waals surface area contributed by atoms with Crippen LogP contribution in [0.1, 0.15) is 36.3 Å². The number of amides is 2. The lowest BCUT2D eigenvalue weighted by Crippen LogP contribution is -2.50. The molecule has 0 bridgehead atoms. The third-order valence-corrected chi connectivity index (χ3v) is 7.06. The molecule has 2 aliphatic carbocycles. The van der Waals surface area contributed by atoms with Gasteiger partial charge < -0.3 is 24.8 Å². The van der Waals surface area contributed by atoms with Gasteiger partial charge in [-0.2, -0.15) is 0 Å². The van der Waals surface area contributed by atoms with Crippen molar-refractivity contribution in [3.63, 3.8) is 0 Å². The highest BCUT2D eigenvalue weighted by Gasteiger charge is 2.36. The van der Waals surface area contributed by atoms with Crippen molar-refractivity contribution in [3.05, 3.63) is 59.7 Å². The van der Waals surface area contributed by atoms with Gasteiger partial charge in [0.2, 0.25) is 5.91 Å². The SMILES string of the molecule is O=C(NC1CC(CC(=O)N2CCOC(C(=O)O)C2)C1)OCC1c2ccccc2-c2ccccc21. The quantitative estimate of drug-likeness (QED) is 0.681. The summed E-state index contributed by atoms with van der Waals surface area (Å²) in [6, 6.07) is 16.4. The number of nitrogens with zero attached hydrogens (tertiary/aromatic N) is 1. The summed E-state index contributed by atoms with van der Waals surface area (Å²) in [7, 11) is 0. The van der Waals surface area contributed by atoms with Crippen LogP contribution in [0.25, 0.3) is 11.1 Å². The third kappa shape index (κ3) is 4.50. The molecule has 2 aromatic rings. The van der Waals surface area contributed by atoms with E-state index in [1.807, 2.05) is 24.3 Å². The molecule has 2 N–H and O–H groups in total. The first-order chi connectivity index (χ1) is 16.5. The largest absolute Gasteiger partial charge is 0.479 e. The molecule has 1 heterocycles. The number of hydrogen-bond donors (Lipinski definition) is 2. The van der Waals surface area contributed by atoms with Gasteiger partial charge in [0.15, 0.2) is 6.10 Å². The maximum atomic E-state index is 12.5. The molecule has 5 rings (SSSR count). The summed E-state index contributed by atoms with van der Waals surface area (Å²) in [5.74, 6) is -0.904. The summed E-state index contributed by atoms with van der Waals surface area (Å²) >= 11 is 0. The number of carboxylic acids is 1. The Morgan fingerprint density at radius 2 is 1.68 bits per heavy atom. The maximum absolute atomic E-state index is 12.5. The molecule has 2 amide bonds. The van der Waals surface area contributed by atoms with Gasteiger partial charge in [-0.25, -0.2) is 9.59 Å². The smallest absolute Gasteiger partial charge is 0.407 e. The molecule has 1 saturated carbocycles. The second-order valence-corrected chi connectivity index (χ2v) is 9.25. The lowest BCUT2D eigenvalue weighted by Gasteiger charge is -2.37. The predicted octanol–water partition coefficient (Wildman–Crippen LogP) is 3.01. The summed E-state index contributed by atoms with van der Waals surface area (Å²) in [6.45, 7) is 1.01. The zero-order valence-electron chi connectivity index (χ0n) is 18.8. The van der Waals surface area contributed by atoms with Gasteiger partial charge in [-0.05, 0) is 41.0 Å². The van der Waals surface area contributed by atoms with E-state index in [0.717, 1.165) is 0 Å². The van der Waals surface area contributed by atoms with Crippen molar-refractivity contribution in [2.24, 2.45) is 5.92 Å². The molecule has 2 aromatic carbocycles. The zero-order valence-corrected chi connectivity index (χ0v) is 18.8. The number of benzene rings is 2. The monoisotopic (exact) mass is 464 g/mol. The third-order valence-electron chi connectivity index (χ3n) is 7.06. The Morgan fingerprint density at radius 3 is 2.32 bits per heavy atom. The van der Waals surface area contributed by atoms with Crippen LogP contribution in [0.5, 0.6) is 0 Å². The second kappa shape index (κ2) is 9.46. The highest BCUT2D eigenvalue weighted by molar-refractivity contribution is 5.80. The predicted molar refractivity (Wildman–Crippen MR) is 123 cm³/mol. The van der Waals surface area contributed by atoms with Crippen LogP contribution in [-0.4, -0.2) is 66.4 Å². The molecular weight excluding hydrogens is 436 g/mol. The van der Waals surface area contributed by atoms with Crippen molar-refractivity contribution in [1.29, 1.82) is 0 Å². The molecule has 178 valence electrons. The number of morpholine rings is 1. The van der Waals surface area contributed by atoms with E-state index in [2.05, 4.69) is 29.6 Å². The first-order valence-corrected chi connectivity index (χ1v) is 11.7. The zero-order chi connectivity index (χ0) is 23.7. The van der Waals surface area contributed by atoms with Crippen molar-refractivity contribution in [3.8, 4) is 11.1 Å². The van der Waals surface area contributed by atoms with Crippen LogP contribution in [0.3, 0.4) is 0 Å². The lowest BCUT2D eigenvalue weighted by atomic mass is 9.78. The molecule has 1 saturated heterocycles. The van der Waals surface area contributed by atoms with Crippen molar-refractivity contribution < 1.29 is 29.0 Å². The molecule has 0 aromatic heterocycles. The van der Waals surface area contributed by atoms with E-state index in [1.165, 1.54) is 22.3 Å². The van der Waals surface area contributed by atoms with Crippen LogP contribution in [0.15, 0.2) is 48.5 Å². The van der Waals surface area contributed by atoms with Crippen LogP contribution < -0.4 is 5.32 Å². The van der Waals surface area contributed by atoms with E-state index in [9.17, 15) is 14.4 Å². The van der Waals surface area contributed by atoms with Crippen molar-refractivity contribution >= 4 is 18.0 Å². The van der Waals surface area contributed by atoms with E-state index in [4.69, 9.17) is 14.6 Å². The van der Waals surface area contributed by atoms with E-state index in [1.54, 1.807) is 4.90 Å². The number of ether oxygens (including phenoxy) is 2. The molecule has 3 aliphatic rings. The summed E-state index contributed by atoms with van der Waals surface area (Å²) < 4.78 is 10.8. The number of aliphatic carboxylic acids is 1. The fourth-order valence-electron chi connectivity index (χ4n) is 5.23. The molecule has 1 atom stereocenters. The number of carboxylic acid groups (broad SMARTS) is 1. The number of fused-ring (bicyclic) bond motifs is 3. The van der Waals surface area contributed by atoms with Crippen molar-refractivity contribution in [2.75, 3.05) is 26.3 Å². The number of carbonyl (C=O) groups is 3. The molecule has 1 unspecified atom stereocenters. The minimum atomic E-state index is -1.05. The Labute approximate surface area is 197 Å². The molecule has 0 spiro atoms. The van der Waals surface area contributed by atoms with Gasteiger partial charge >= 0.3 is 12.1 Å². The van der Waals surface area contributed by atoms with Crippen LogP contribution in [0.2, 0.25) is 0 Å². The van der Waals surface area contributed by atoms with Gasteiger partial charge in [0, 0.05) is 24.9 Å². The Morgan fingerprint density at radius 1 is 1.03 bits per heavy atom. The topological polar surface area (TPSA) is 105 Å². The first-order valence-electron chi connectivity index (χ1n) is 11.7.